The molecule has 0 fully saturated rings. The number of aromatic nitrogens is 2. The fourth-order valence-corrected chi connectivity index (χ4v) is 2.66. The van der Waals surface area contributed by atoms with Gasteiger partial charge in [-0.15, -0.1) is 0 Å². The Morgan fingerprint density at radius 1 is 1.29 bits per heavy atom. The van der Waals surface area contributed by atoms with E-state index in [0.717, 1.165) is 28.8 Å². The average Bonchev–Trinajstić information content (AvgIpc) is 2.97. The Morgan fingerprint density at radius 2 is 2.00 bits per heavy atom. The summed E-state index contributed by atoms with van der Waals surface area (Å²) in [6.45, 7) is 2.63. The summed E-state index contributed by atoms with van der Waals surface area (Å²) in [4.78, 5) is 20.6. The molecule has 2 aromatic rings. The number of methoxy groups -OCH3 is 1. The summed E-state index contributed by atoms with van der Waals surface area (Å²) < 4.78 is 4.99. The van der Waals surface area contributed by atoms with E-state index in [1.165, 1.54) is 7.11 Å². The van der Waals surface area contributed by atoms with Crippen molar-refractivity contribution in [2.45, 2.75) is 13.3 Å². The van der Waals surface area contributed by atoms with E-state index < -0.39 is 0 Å². The second kappa shape index (κ2) is 6.67. The van der Waals surface area contributed by atoms with Gasteiger partial charge in [-0.3, -0.25) is 10.1 Å². The monoisotopic (exact) mass is 326 g/mol. The van der Waals surface area contributed by atoms with Crippen molar-refractivity contribution in [1.29, 1.82) is 0 Å². The number of hydrogen-bond donors (Lipinski definition) is 3. The first kappa shape index (κ1) is 15.9. The van der Waals surface area contributed by atoms with Crippen LogP contribution in [0, 0.1) is 0 Å². The van der Waals surface area contributed by atoms with Crippen molar-refractivity contribution in [2.75, 3.05) is 13.7 Å². The average molecular weight is 326 g/mol. The van der Waals surface area contributed by atoms with Gasteiger partial charge in [-0.05, 0) is 18.6 Å². The highest BCUT2D eigenvalue weighted by atomic mass is 16.5. The summed E-state index contributed by atoms with van der Waals surface area (Å²) in [5.74, 6) is -0.150. The minimum Gasteiger partial charge on any atom is -0.467 e. The molecule has 24 heavy (non-hydrogen) atoms. The Bertz CT molecular complexity index is 799. The number of amides is 1. The van der Waals surface area contributed by atoms with Crippen molar-refractivity contribution in [3.63, 3.8) is 0 Å². The highest BCUT2D eigenvalue weighted by molar-refractivity contribution is 6.02. The third-order valence-corrected chi connectivity index (χ3v) is 3.88. The van der Waals surface area contributed by atoms with Crippen molar-refractivity contribution in [2.24, 2.45) is 5.73 Å². The number of nitrogens with two attached hydrogens (primary N) is 2. The van der Waals surface area contributed by atoms with Gasteiger partial charge in [0.2, 0.25) is 5.70 Å². The lowest BCUT2D eigenvalue weighted by atomic mass is 10.0. The van der Waals surface area contributed by atoms with E-state index in [1.54, 1.807) is 12.4 Å². The van der Waals surface area contributed by atoms with E-state index in [2.05, 4.69) is 15.3 Å². The largest absolute Gasteiger partial charge is 0.467 e. The molecule has 1 aliphatic heterocycles. The van der Waals surface area contributed by atoms with Crippen molar-refractivity contribution in [1.82, 2.24) is 15.3 Å². The number of benzene rings is 1. The molecular formula is C17H20N5O2+. The summed E-state index contributed by atoms with van der Waals surface area (Å²) >= 11 is 0. The van der Waals surface area contributed by atoms with Crippen molar-refractivity contribution in [3.05, 3.63) is 41.9 Å². The molecule has 0 spiro atoms. The smallest absolute Gasteiger partial charge is 0.316 e. The Morgan fingerprint density at radius 3 is 2.67 bits per heavy atom. The zero-order chi connectivity index (χ0) is 17.1. The van der Waals surface area contributed by atoms with Crippen LogP contribution in [-0.4, -0.2) is 29.5 Å². The first-order valence-corrected chi connectivity index (χ1v) is 7.78. The molecule has 124 valence electrons. The molecule has 0 radical (unpaired) electrons. The predicted molar refractivity (Wildman–Crippen MR) is 90.0 cm³/mol. The van der Waals surface area contributed by atoms with Gasteiger partial charge in [0, 0.05) is 30.1 Å². The van der Waals surface area contributed by atoms with Crippen molar-refractivity contribution >= 4 is 17.3 Å². The Labute approximate surface area is 140 Å². The number of nitrogens with one attached hydrogen (secondary N) is 1. The van der Waals surface area contributed by atoms with Gasteiger partial charge in [0.15, 0.2) is 5.69 Å². The van der Waals surface area contributed by atoms with Crippen LogP contribution in [0.3, 0.4) is 0 Å². The molecule has 1 amide bonds. The fraction of sp³-hybridized carbons (Fsp3) is 0.235. The number of hydrogen-bond acceptors (Lipinski definition) is 5. The second-order valence-corrected chi connectivity index (χ2v) is 5.45. The molecule has 0 saturated heterocycles. The molecule has 1 aliphatic rings. The molecule has 2 heterocycles. The van der Waals surface area contributed by atoms with Gasteiger partial charge in [0.05, 0.1) is 12.7 Å². The third kappa shape index (κ3) is 2.81. The molecule has 0 aliphatic carbocycles. The molecule has 7 heteroatoms. The maximum Gasteiger partial charge on any atom is 0.316 e. The van der Waals surface area contributed by atoms with Crippen LogP contribution < -0.4 is 21.1 Å². The first-order chi connectivity index (χ1) is 11.7. The summed E-state index contributed by atoms with van der Waals surface area (Å²) in [6.07, 6.45) is 4.27. The van der Waals surface area contributed by atoms with Crippen LogP contribution in [0.15, 0.2) is 36.3 Å². The SMILES string of the molecule is CCCNC(=O)C1=C(N)c2cccc(-c3cnc(OC)nc3)c2[NH2+]1. The van der Waals surface area contributed by atoms with Gasteiger partial charge in [-0.25, -0.2) is 9.97 Å². The van der Waals surface area contributed by atoms with Gasteiger partial charge < -0.3 is 15.8 Å². The lowest BCUT2D eigenvalue weighted by molar-refractivity contribution is -0.506. The van der Waals surface area contributed by atoms with Gasteiger partial charge in [0.1, 0.15) is 5.70 Å². The van der Waals surface area contributed by atoms with Gasteiger partial charge in [-0.2, -0.15) is 0 Å². The molecule has 3 rings (SSSR count). The zero-order valence-corrected chi connectivity index (χ0v) is 13.7. The topological polar surface area (TPSA) is 107 Å². The highest BCUT2D eigenvalue weighted by Gasteiger charge is 2.31. The molecule has 0 atom stereocenters. The van der Waals surface area contributed by atoms with Crippen LogP contribution in [0.4, 0.5) is 5.69 Å². The Hall–Kier alpha value is -2.93. The minimum absolute atomic E-state index is 0.150. The lowest BCUT2D eigenvalue weighted by Crippen LogP contribution is -2.77. The summed E-state index contributed by atoms with van der Waals surface area (Å²) in [6, 6.07) is 6.09. The number of carbonyl (C=O) groups is 1. The molecular weight excluding hydrogens is 306 g/mol. The van der Waals surface area contributed by atoms with Crippen molar-refractivity contribution < 1.29 is 14.8 Å². The standard InChI is InChI=1S/C17H19N5O2/c1-3-7-19-16(23)15-13(18)12-6-4-5-11(14(12)22-15)10-8-20-17(24-2)21-9-10/h4-6,8-9,22H,3,7,18H2,1-2H3,(H,19,23)/p+1. The van der Waals surface area contributed by atoms with Crippen LogP contribution >= 0.6 is 0 Å². The zero-order valence-electron chi connectivity index (χ0n) is 13.7. The molecule has 0 unspecified atom stereocenters. The summed E-state index contributed by atoms with van der Waals surface area (Å²) in [5.41, 5.74) is 10.7. The first-order valence-electron chi connectivity index (χ1n) is 7.78. The lowest BCUT2D eigenvalue weighted by Gasteiger charge is -2.06. The molecule has 7 nitrogen and oxygen atoms in total. The maximum atomic E-state index is 12.3. The molecule has 5 N–H and O–H groups in total. The molecule has 0 saturated carbocycles. The molecule has 1 aromatic carbocycles. The second-order valence-electron chi connectivity index (χ2n) is 5.45. The third-order valence-electron chi connectivity index (χ3n) is 3.88. The van der Waals surface area contributed by atoms with E-state index in [9.17, 15) is 4.79 Å². The number of carbonyl (C=O) groups excluding carboxylic acids is 1. The maximum absolute atomic E-state index is 12.3. The highest BCUT2D eigenvalue weighted by Crippen LogP contribution is 2.33. The number of para-hydroxylation sites is 1. The molecule has 1 aromatic heterocycles. The quantitative estimate of drug-likeness (QED) is 0.694. The van der Waals surface area contributed by atoms with Crippen LogP contribution in [0.5, 0.6) is 6.01 Å². The van der Waals surface area contributed by atoms with Gasteiger partial charge in [0.25, 0.3) is 0 Å². The number of nitrogens with zero attached hydrogens (tertiary/aromatic N) is 2. The predicted octanol–water partition coefficient (Wildman–Crippen LogP) is 0.514. The van der Waals surface area contributed by atoms with Gasteiger partial charge >= 0.3 is 11.9 Å². The number of rotatable bonds is 5. The van der Waals surface area contributed by atoms with E-state index >= 15 is 0 Å². The van der Waals surface area contributed by atoms with E-state index in [-0.39, 0.29) is 5.91 Å². The number of quaternary nitrogens is 1. The van der Waals surface area contributed by atoms with E-state index in [4.69, 9.17) is 10.5 Å². The van der Waals surface area contributed by atoms with Crippen LogP contribution in [-0.2, 0) is 4.79 Å². The van der Waals surface area contributed by atoms with Crippen LogP contribution in [0.1, 0.15) is 18.9 Å². The minimum atomic E-state index is -0.150. The Kier molecular flexibility index (Phi) is 4.43. The van der Waals surface area contributed by atoms with Crippen molar-refractivity contribution in [3.8, 4) is 17.1 Å². The molecule has 0 bridgehead atoms. The summed E-state index contributed by atoms with van der Waals surface area (Å²) in [5, 5.41) is 4.69. The Balaban J connectivity index is 1.94. The fourth-order valence-electron chi connectivity index (χ4n) is 2.66. The van der Waals surface area contributed by atoms with Crippen LogP contribution in [0.25, 0.3) is 16.8 Å². The summed E-state index contributed by atoms with van der Waals surface area (Å²) in [7, 11) is 1.52. The van der Waals surface area contributed by atoms with Gasteiger partial charge in [-0.1, -0.05) is 13.0 Å². The number of fused-ring (bicyclic) bond motifs is 1. The number of ether oxygens (including phenoxy) is 1. The van der Waals surface area contributed by atoms with Crippen LogP contribution in [0.2, 0.25) is 0 Å². The van der Waals surface area contributed by atoms with E-state index in [1.807, 2.05) is 30.4 Å². The normalized spacial score (nSPS) is 12.9. The van der Waals surface area contributed by atoms with E-state index in [0.29, 0.717) is 23.9 Å².